The molecule has 0 bridgehead atoms. The van der Waals surface area contributed by atoms with E-state index in [1.807, 2.05) is 13.8 Å². The first-order valence-electron chi connectivity index (χ1n) is 6.07. The van der Waals surface area contributed by atoms with Gasteiger partial charge in [-0.2, -0.15) is 0 Å². The lowest BCUT2D eigenvalue weighted by molar-refractivity contribution is 0.504. The Bertz CT molecular complexity index is 701. The van der Waals surface area contributed by atoms with E-state index in [0.717, 1.165) is 0 Å². The Morgan fingerprint density at radius 1 is 1.16 bits per heavy atom. The number of rotatable bonds is 3. The first-order valence-corrected chi connectivity index (χ1v) is 6.45. The highest BCUT2D eigenvalue weighted by Crippen LogP contribution is 2.12. The summed E-state index contributed by atoms with van der Waals surface area (Å²) >= 11 is 5.89. The number of benzene rings is 1. The van der Waals surface area contributed by atoms with Gasteiger partial charge in [0.1, 0.15) is 0 Å². The molecule has 2 aromatic rings. The monoisotopic (exact) mass is 278 g/mol. The van der Waals surface area contributed by atoms with Gasteiger partial charge in [-0.3, -0.25) is 14.2 Å². The molecule has 4 nitrogen and oxygen atoms in total. The lowest BCUT2D eigenvalue weighted by Crippen LogP contribution is -2.40. The van der Waals surface area contributed by atoms with E-state index in [-0.39, 0.29) is 0 Å². The van der Waals surface area contributed by atoms with Crippen molar-refractivity contribution >= 4 is 11.6 Å². The van der Waals surface area contributed by atoms with Gasteiger partial charge in [0, 0.05) is 24.0 Å². The van der Waals surface area contributed by atoms with Crippen molar-refractivity contribution in [2.45, 2.75) is 20.4 Å². The molecule has 0 unspecified atom stereocenters. The second-order valence-electron chi connectivity index (χ2n) is 4.80. The summed E-state index contributed by atoms with van der Waals surface area (Å²) in [5, 5.41) is 0.524. The molecule has 1 aromatic carbocycles. The van der Waals surface area contributed by atoms with Crippen LogP contribution in [0.25, 0.3) is 5.69 Å². The van der Waals surface area contributed by atoms with Gasteiger partial charge < -0.3 is 4.57 Å². The number of hydrogen-bond acceptors (Lipinski definition) is 2. The Balaban J connectivity index is 2.53. The van der Waals surface area contributed by atoms with E-state index in [1.165, 1.54) is 9.13 Å². The van der Waals surface area contributed by atoms with E-state index in [1.54, 1.807) is 36.7 Å². The van der Waals surface area contributed by atoms with Crippen molar-refractivity contribution in [1.29, 1.82) is 0 Å². The summed E-state index contributed by atoms with van der Waals surface area (Å²) < 4.78 is 2.75. The van der Waals surface area contributed by atoms with Crippen molar-refractivity contribution < 1.29 is 0 Å². The zero-order valence-electron chi connectivity index (χ0n) is 10.8. The van der Waals surface area contributed by atoms with Crippen LogP contribution >= 0.6 is 11.6 Å². The predicted octanol–water partition coefficient (Wildman–Crippen LogP) is 2.31. The topological polar surface area (TPSA) is 44.0 Å². The maximum Gasteiger partial charge on any atom is 0.320 e. The van der Waals surface area contributed by atoms with Crippen LogP contribution in [0, 0.1) is 5.92 Å². The number of nitrogens with zero attached hydrogens (tertiary/aromatic N) is 2. The Kier molecular flexibility index (Phi) is 3.90. The summed E-state index contributed by atoms with van der Waals surface area (Å²) in [6, 6.07) is 6.84. The molecule has 0 fully saturated rings. The fourth-order valence-electron chi connectivity index (χ4n) is 1.87. The van der Waals surface area contributed by atoms with E-state index in [0.29, 0.717) is 23.2 Å². The second-order valence-corrected chi connectivity index (χ2v) is 5.24. The normalized spacial score (nSPS) is 10.9. The van der Waals surface area contributed by atoms with E-state index in [2.05, 4.69) is 0 Å². The average Bonchev–Trinajstić information content (AvgIpc) is 2.35. The molecule has 1 heterocycles. The SMILES string of the molecule is CC(C)Cn1ccn(-c2cccc(Cl)c2)c(=O)c1=O. The minimum Gasteiger partial charge on any atom is -0.309 e. The van der Waals surface area contributed by atoms with Crippen LogP contribution in [0.15, 0.2) is 46.2 Å². The van der Waals surface area contributed by atoms with E-state index in [4.69, 9.17) is 11.6 Å². The summed E-state index contributed by atoms with van der Waals surface area (Å²) in [7, 11) is 0. The van der Waals surface area contributed by atoms with Gasteiger partial charge in [0.25, 0.3) is 0 Å². The largest absolute Gasteiger partial charge is 0.320 e. The molecule has 100 valence electrons. The molecule has 0 N–H and O–H groups in total. The number of hydrogen-bond donors (Lipinski definition) is 0. The summed E-state index contributed by atoms with van der Waals surface area (Å²) in [5.41, 5.74) is -0.493. The third-order valence-electron chi connectivity index (χ3n) is 2.71. The Morgan fingerprint density at radius 2 is 1.89 bits per heavy atom. The van der Waals surface area contributed by atoms with Gasteiger partial charge in [-0.05, 0) is 24.1 Å². The Morgan fingerprint density at radius 3 is 2.53 bits per heavy atom. The maximum absolute atomic E-state index is 12.1. The van der Waals surface area contributed by atoms with Gasteiger partial charge in [-0.1, -0.05) is 31.5 Å². The molecular weight excluding hydrogens is 264 g/mol. The summed E-state index contributed by atoms with van der Waals surface area (Å²) in [6.07, 6.45) is 3.22. The highest BCUT2D eigenvalue weighted by atomic mass is 35.5. The maximum atomic E-state index is 12.1. The van der Waals surface area contributed by atoms with Crippen LogP contribution in [0.4, 0.5) is 0 Å². The smallest absolute Gasteiger partial charge is 0.309 e. The molecule has 0 aliphatic heterocycles. The fraction of sp³-hybridized carbons (Fsp3) is 0.286. The molecule has 2 rings (SSSR count). The molecule has 0 spiro atoms. The van der Waals surface area contributed by atoms with E-state index >= 15 is 0 Å². The Hall–Kier alpha value is -1.81. The van der Waals surface area contributed by atoms with Crippen LogP contribution in [0.3, 0.4) is 0 Å². The molecule has 0 radical (unpaired) electrons. The predicted molar refractivity (Wildman–Crippen MR) is 76.1 cm³/mol. The van der Waals surface area contributed by atoms with Gasteiger partial charge in [-0.15, -0.1) is 0 Å². The van der Waals surface area contributed by atoms with Gasteiger partial charge in [0.05, 0.1) is 5.69 Å². The molecule has 1 aromatic heterocycles. The molecule has 19 heavy (non-hydrogen) atoms. The van der Waals surface area contributed by atoms with Crippen LogP contribution < -0.4 is 11.1 Å². The van der Waals surface area contributed by atoms with Gasteiger partial charge in [-0.25, -0.2) is 0 Å². The van der Waals surface area contributed by atoms with Crippen molar-refractivity contribution in [2.24, 2.45) is 5.92 Å². The first-order chi connectivity index (χ1) is 8.99. The van der Waals surface area contributed by atoms with Crippen LogP contribution in [0.5, 0.6) is 0 Å². The molecule has 0 amide bonds. The molecule has 0 aliphatic rings. The van der Waals surface area contributed by atoms with E-state index in [9.17, 15) is 9.59 Å². The van der Waals surface area contributed by atoms with Crippen molar-refractivity contribution in [2.75, 3.05) is 0 Å². The van der Waals surface area contributed by atoms with Crippen LogP contribution in [0.2, 0.25) is 5.02 Å². The minimum absolute atomic E-state index is 0.305. The highest BCUT2D eigenvalue weighted by Gasteiger charge is 2.07. The number of halogens is 1. The summed E-state index contributed by atoms with van der Waals surface area (Å²) in [5.74, 6) is 0.305. The van der Waals surface area contributed by atoms with Crippen molar-refractivity contribution in [3.63, 3.8) is 0 Å². The van der Waals surface area contributed by atoms with Crippen LogP contribution in [-0.4, -0.2) is 9.13 Å². The highest BCUT2D eigenvalue weighted by molar-refractivity contribution is 6.30. The third-order valence-corrected chi connectivity index (χ3v) is 2.94. The minimum atomic E-state index is -0.564. The Labute approximate surface area is 115 Å². The fourth-order valence-corrected chi connectivity index (χ4v) is 2.06. The number of aromatic nitrogens is 2. The third kappa shape index (κ3) is 2.96. The molecule has 0 atom stereocenters. The van der Waals surface area contributed by atoms with Gasteiger partial charge >= 0.3 is 11.1 Å². The van der Waals surface area contributed by atoms with Crippen molar-refractivity contribution in [1.82, 2.24) is 9.13 Å². The second kappa shape index (κ2) is 5.45. The van der Waals surface area contributed by atoms with E-state index < -0.39 is 11.1 Å². The standard InChI is InChI=1S/C14H15ClN2O2/c1-10(2)9-16-6-7-17(14(19)13(16)18)12-5-3-4-11(15)8-12/h3-8,10H,9H2,1-2H3. The summed E-state index contributed by atoms with van der Waals surface area (Å²) in [6.45, 7) is 4.52. The molecule has 0 saturated heterocycles. The lowest BCUT2D eigenvalue weighted by atomic mass is 10.2. The van der Waals surface area contributed by atoms with Gasteiger partial charge in [0.2, 0.25) is 0 Å². The molecule has 0 saturated carbocycles. The zero-order chi connectivity index (χ0) is 14.0. The lowest BCUT2D eigenvalue weighted by Gasteiger charge is -2.10. The van der Waals surface area contributed by atoms with Crippen molar-refractivity contribution in [3.05, 3.63) is 62.4 Å². The zero-order valence-corrected chi connectivity index (χ0v) is 11.6. The van der Waals surface area contributed by atoms with Gasteiger partial charge in [0.15, 0.2) is 0 Å². The molecule has 0 aliphatic carbocycles. The van der Waals surface area contributed by atoms with Crippen LogP contribution in [-0.2, 0) is 6.54 Å². The van der Waals surface area contributed by atoms with Crippen LogP contribution in [0.1, 0.15) is 13.8 Å². The first kappa shape index (κ1) is 13.6. The summed E-state index contributed by atoms with van der Waals surface area (Å²) in [4.78, 5) is 24.0. The molecular formula is C14H15ClN2O2. The molecule has 5 heteroatoms. The van der Waals surface area contributed by atoms with Crippen molar-refractivity contribution in [3.8, 4) is 5.69 Å². The average molecular weight is 279 g/mol. The quantitative estimate of drug-likeness (QED) is 0.809.